The number of carbonyl (C=O) groups excluding carboxylic acids is 2. The maximum Gasteiger partial charge on any atom is 0.320 e. The van der Waals surface area contributed by atoms with Crippen LogP contribution in [0.3, 0.4) is 0 Å². The van der Waals surface area contributed by atoms with Crippen molar-refractivity contribution in [1.82, 2.24) is 30.2 Å². The molecule has 2 N–H and O–H groups in total. The standard InChI is InChI=1S/C51H98N6O2/c1-15-19-31-54(32-20-16-2)45(58)56(43-35-47(5,6)52-48(7,8)36-43)41-27-23-39(24-28-41)51(13,14)40-25-29-42(30-26-40)57(44-37-49(9,10)53-50(11,12)38-44)46(59)55(33-21-17-3)34-22-18-4/h39-44,52-53H,15-38H2,1-14H3. The molecule has 2 aliphatic carbocycles. The van der Waals surface area contributed by atoms with Gasteiger partial charge in [0.25, 0.3) is 0 Å². The summed E-state index contributed by atoms with van der Waals surface area (Å²) in [6, 6.07) is 1.76. The molecule has 0 radical (unpaired) electrons. The van der Waals surface area contributed by atoms with E-state index in [9.17, 15) is 9.59 Å². The second-order valence-electron chi connectivity index (χ2n) is 23.5. The van der Waals surface area contributed by atoms with Gasteiger partial charge in [-0.2, -0.15) is 0 Å². The molecule has 59 heavy (non-hydrogen) atoms. The molecule has 0 aromatic heterocycles. The van der Waals surface area contributed by atoms with Gasteiger partial charge < -0.3 is 30.2 Å². The van der Waals surface area contributed by atoms with E-state index >= 15 is 0 Å². The third-order valence-corrected chi connectivity index (χ3v) is 15.5. The summed E-state index contributed by atoms with van der Waals surface area (Å²) < 4.78 is 0. The van der Waals surface area contributed by atoms with Crippen molar-refractivity contribution in [2.75, 3.05) is 26.2 Å². The van der Waals surface area contributed by atoms with Gasteiger partial charge >= 0.3 is 12.1 Å². The molecule has 0 aromatic rings. The van der Waals surface area contributed by atoms with Crippen molar-refractivity contribution < 1.29 is 9.59 Å². The highest BCUT2D eigenvalue weighted by Crippen LogP contribution is 2.50. The van der Waals surface area contributed by atoms with Gasteiger partial charge in [-0.15, -0.1) is 0 Å². The van der Waals surface area contributed by atoms with E-state index in [4.69, 9.17) is 0 Å². The highest BCUT2D eigenvalue weighted by atomic mass is 16.2. The lowest BCUT2D eigenvalue weighted by Gasteiger charge is -2.54. The van der Waals surface area contributed by atoms with Crippen LogP contribution in [0.5, 0.6) is 0 Å². The van der Waals surface area contributed by atoms with Crippen LogP contribution in [0.4, 0.5) is 9.59 Å². The van der Waals surface area contributed by atoms with E-state index in [1.54, 1.807) is 0 Å². The normalized spacial score (nSPS) is 27.2. The molecule has 8 heteroatoms. The second kappa shape index (κ2) is 21.2. The Labute approximate surface area is 365 Å². The summed E-state index contributed by atoms with van der Waals surface area (Å²) in [6.07, 6.45) is 22.1. The van der Waals surface area contributed by atoms with Crippen LogP contribution in [0.1, 0.15) is 225 Å². The van der Waals surface area contributed by atoms with Crippen LogP contribution in [0.15, 0.2) is 0 Å². The summed E-state index contributed by atoms with van der Waals surface area (Å²) in [4.78, 5) is 39.1. The molecule has 2 aliphatic heterocycles. The van der Waals surface area contributed by atoms with Crippen molar-refractivity contribution in [2.45, 2.75) is 272 Å². The lowest BCUT2D eigenvalue weighted by Crippen LogP contribution is -2.65. The van der Waals surface area contributed by atoms with E-state index in [-0.39, 0.29) is 39.7 Å². The van der Waals surface area contributed by atoms with E-state index in [2.05, 4.69) is 127 Å². The topological polar surface area (TPSA) is 71.2 Å². The molecule has 4 fully saturated rings. The highest BCUT2D eigenvalue weighted by Gasteiger charge is 2.49. The first-order valence-electron chi connectivity index (χ1n) is 25.3. The monoisotopic (exact) mass is 827 g/mol. The molecule has 0 aromatic carbocycles. The smallest absolute Gasteiger partial charge is 0.320 e. The Morgan fingerprint density at radius 3 is 0.949 bits per heavy atom. The molecule has 4 rings (SSSR count). The number of rotatable bonds is 18. The van der Waals surface area contributed by atoms with Gasteiger partial charge in [0.15, 0.2) is 0 Å². The fraction of sp³-hybridized carbons (Fsp3) is 0.961. The Balaban J connectivity index is 1.51. The lowest BCUT2D eigenvalue weighted by atomic mass is 9.60. The zero-order valence-electron chi connectivity index (χ0n) is 41.5. The lowest BCUT2D eigenvalue weighted by molar-refractivity contribution is -0.00532. The SMILES string of the molecule is CCCCN(CCCC)C(=O)N(C1CCC(C(C)(C)C2CCC(N(C(=O)N(CCCC)CCCC)C3CC(C)(C)NC(C)(C)C3)CC2)CC1)C1CC(C)(C)NC(C)(C)C1. The second-order valence-corrected chi connectivity index (χ2v) is 23.5. The number of amides is 4. The minimum absolute atomic E-state index is 0.00950. The van der Waals surface area contributed by atoms with Crippen molar-refractivity contribution in [3.05, 3.63) is 0 Å². The number of hydrogen-bond donors (Lipinski definition) is 2. The fourth-order valence-corrected chi connectivity index (χ4v) is 13.0. The fourth-order valence-electron chi connectivity index (χ4n) is 13.0. The predicted molar refractivity (Wildman–Crippen MR) is 251 cm³/mol. The molecule has 4 aliphatic rings. The number of unbranched alkanes of at least 4 members (excludes halogenated alkanes) is 4. The van der Waals surface area contributed by atoms with E-state index in [1.807, 2.05) is 0 Å². The van der Waals surface area contributed by atoms with E-state index < -0.39 is 0 Å². The third kappa shape index (κ3) is 13.7. The number of hydrogen-bond acceptors (Lipinski definition) is 4. The zero-order chi connectivity index (χ0) is 43.8. The van der Waals surface area contributed by atoms with Crippen molar-refractivity contribution in [3.8, 4) is 0 Å². The molecule has 344 valence electrons. The average Bonchev–Trinajstić information content (AvgIpc) is 3.13. The Morgan fingerprint density at radius 1 is 0.458 bits per heavy atom. The molecule has 0 atom stereocenters. The van der Waals surface area contributed by atoms with Gasteiger partial charge in [0, 0.05) is 72.5 Å². The minimum Gasteiger partial charge on any atom is -0.325 e. The van der Waals surface area contributed by atoms with E-state index in [1.165, 1.54) is 25.7 Å². The molecule has 2 heterocycles. The van der Waals surface area contributed by atoms with Crippen LogP contribution in [-0.4, -0.2) is 104 Å². The van der Waals surface area contributed by atoms with Crippen LogP contribution in [0.2, 0.25) is 0 Å². The number of nitrogens with one attached hydrogen (secondary N) is 2. The van der Waals surface area contributed by atoms with Crippen LogP contribution in [-0.2, 0) is 0 Å². The van der Waals surface area contributed by atoms with Crippen LogP contribution < -0.4 is 10.6 Å². The predicted octanol–water partition coefficient (Wildman–Crippen LogP) is 12.4. The van der Waals surface area contributed by atoms with Gasteiger partial charge in [-0.05, 0) is 175 Å². The molecule has 0 bridgehead atoms. The quantitative estimate of drug-likeness (QED) is 0.144. The Morgan fingerprint density at radius 2 is 0.712 bits per heavy atom. The first-order valence-corrected chi connectivity index (χ1v) is 25.3. The summed E-state index contributed by atoms with van der Waals surface area (Å²) in [7, 11) is 0. The maximum absolute atomic E-state index is 14.9. The van der Waals surface area contributed by atoms with Crippen LogP contribution in [0.25, 0.3) is 0 Å². The number of piperidine rings is 2. The minimum atomic E-state index is -0.00950. The molecule has 8 nitrogen and oxygen atoms in total. The maximum atomic E-state index is 14.9. The zero-order valence-corrected chi connectivity index (χ0v) is 41.5. The molecule has 4 amide bonds. The first-order chi connectivity index (χ1) is 27.6. The summed E-state index contributed by atoms with van der Waals surface area (Å²) >= 11 is 0. The number of nitrogens with zero attached hydrogens (tertiary/aromatic N) is 4. The van der Waals surface area contributed by atoms with E-state index in [0.717, 1.165) is 129 Å². The molecule has 0 spiro atoms. The third-order valence-electron chi connectivity index (χ3n) is 15.5. The largest absolute Gasteiger partial charge is 0.325 e. The first kappa shape index (κ1) is 50.1. The van der Waals surface area contributed by atoms with Crippen LogP contribution >= 0.6 is 0 Å². The van der Waals surface area contributed by atoms with Crippen LogP contribution in [0, 0.1) is 17.3 Å². The van der Waals surface area contributed by atoms with Gasteiger partial charge in [0.05, 0.1) is 0 Å². The summed E-state index contributed by atoms with van der Waals surface area (Å²) in [5, 5.41) is 7.81. The van der Waals surface area contributed by atoms with Gasteiger partial charge in [0.2, 0.25) is 0 Å². The van der Waals surface area contributed by atoms with Crippen molar-refractivity contribution >= 4 is 12.1 Å². The van der Waals surface area contributed by atoms with Crippen molar-refractivity contribution in [2.24, 2.45) is 17.3 Å². The van der Waals surface area contributed by atoms with Gasteiger partial charge in [-0.25, -0.2) is 9.59 Å². The molecule has 2 saturated carbocycles. The van der Waals surface area contributed by atoms with Gasteiger partial charge in [0.1, 0.15) is 0 Å². The van der Waals surface area contributed by atoms with Crippen molar-refractivity contribution in [3.63, 3.8) is 0 Å². The van der Waals surface area contributed by atoms with Gasteiger partial charge in [-0.3, -0.25) is 0 Å². The van der Waals surface area contributed by atoms with Gasteiger partial charge in [-0.1, -0.05) is 67.2 Å². The Kier molecular flexibility index (Phi) is 18.0. The highest BCUT2D eigenvalue weighted by molar-refractivity contribution is 5.76. The van der Waals surface area contributed by atoms with E-state index in [0.29, 0.717) is 36.0 Å². The van der Waals surface area contributed by atoms with Crippen molar-refractivity contribution in [1.29, 1.82) is 0 Å². The molecular weight excluding hydrogens is 729 g/mol. The molecule has 0 unspecified atom stereocenters. The molecule has 2 saturated heterocycles. The number of carbonyl (C=O) groups is 2. The summed E-state index contributed by atoms with van der Waals surface area (Å²) in [5.74, 6) is 1.33. The number of urea groups is 2. The molecular formula is C51H98N6O2. The summed E-state index contributed by atoms with van der Waals surface area (Å²) in [6.45, 7) is 36.3. The average molecular weight is 827 g/mol. The Hall–Kier alpha value is -1.54. The summed E-state index contributed by atoms with van der Waals surface area (Å²) in [5.41, 5.74) is 0.198. The Bertz CT molecular complexity index is 1150.